The summed E-state index contributed by atoms with van der Waals surface area (Å²) in [5.41, 5.74) is -1.05. The van der Waals surface area contributed by atoms with E-state index in [9.17, 15) is 9.59 Å². The van der Waals surface area contributed by atoms with Gasteiger partial charge >= 0.3 is 5.97 Å². The fourth-order valence-electron chi connectivity index (χ4n) is 0.846. The lowest BCUT2D eigenvalue weighted by Gasteiger charge is -2.26. The maximum Gasteiger partial charge on any atom is 0.306 e. The molecule has 0 rings (SSSR count). The summed E-state index contributed by atoms with van der Waals surface area (Å²) in [7, 11) is 1.24. The standard InChI is InChI=1S/C9H17NO5/c1-9(5-11,6-12)10-7(13)3-4-8(14)15-2/h11-12H,3-6H2,1-2H3,(H,10,13). The van der Waals surface area contributed by atoms with Crippen LogP contribution in [0.5, 0.6) is 0 Å². The van der Waals surface area contributed by atoms with Gasteiger partial charge in [0.05, 0.1) is 32.3 Å². The summed E-state index contributed by atoms with van der Waals surface area (Å²) >= 11 is 0. The normalized spacial score (nSPS) is 10.9. The number of nitrogens with one attached hydrogen (secondary N) is 1. The lowest BCUT2D eigenvalue weighted by molar-refractivity contribution is -0.142. The third-order valence-corrected chi connectivity index (χ3v) is 1.92. The molecule has 1 amide bonds. The third kappa shape index (κ3) is 5.34. The minimum atomic E-state index is -1.05. The highest BCUT2D eigenvalue weighted by atomic mass is 16.5. The summed E-state index contributed by atoms with van der Waals surface area (Å²) in [6.07, 6.45) is -0.0441. The number of rotatable bonds is 6. The average molecular weight is 219 g/mol. The second kappa shape index (κ2) is 6.36. The molecule has 0 bridgehead atoms. The molecule has 0 aromatic rings. The van der Waals surface area contributed by atoms with Crippen molar-refractivity contribution in [3.05, 3.63) is 0 Å². The Labute approximate surface area is 88.2 Å². The fraction of sp³-hybridized carbons (Fsp3) is 0.778. The Hall–Kier alpha value is -1.14. The quantitative estimate of drug-likeness (QED) is 0.488. The Kier molecular flexibility index (Phi) is 5.88. The van der Waals surface area contributed by atoms with E-state index in [2.05, 4.69) is 10.1 Å². The molecule has 0 aliphatic rings. The Morgan fingerprint density at radius 1 is 1.27 bits per heavy atom. The lowest BCUT2D eigenvalue weighted by Crippen LogP contribution is -2.51. The van der Waals surface area contributed by atoms with Gasteiger partial charge in [0.1, 0.15) is 0 Å². The lowest BCUT2D eigenvalue weighted by atomic mass is 10.1. The number of aliphatic hydroxyl groups excluding tert-OH is 2. The van der Waals surface area contributed by atoms with Crippen molar-refractivity contribution in [3.8, 4) is 0 Å². The van der Waals surface area contributed by atoms with E-state index >= 15 is 0 Å². The number of aliphatic hydroxyl groups is 2. The first kappa shape index (κ1) is 13.9. The molecule has 3 N–H and O–H groups in total. The summed E-state index contributed by atoms with van der Waals surface area (Å²) in [5.74, 6) is -0.883. The van der Waals surface area contributed by atoms with Crippen LogP contribution in [0.25, 0.3) is 0 Å². The van der Waals surface area contributed by atoms with Crippen LogP contribution in [0, 0.1) is 0 Å². The van der Waals surface area contributed by atoms with Crippen LogP contribution in [0.4, 0.5) is 0 Å². The number of amides is 1. The van der Waals surface area contributed by atoms with Crippen LogP contribution in [0.15, 0.2) is 0 Å². The van der Waals surface area contributed by atoms with E-state index in [4.69, 9.17) is 10.2 Å². The highest BCUT2D eigenvalue weighted by Gasteiger charge is 2.24. The predicted molar refractivity (Wildman–Crippen MR) is 52.0 cm³/mol. The van der Waals surface area contributed by atoms with Crippen LogP contribution < -0.4 is 5.32 Å². The van der Waals surface area contributed by atoms with Gasteiger partial charge in [-0.2, -0.15) is 0 Å². The predicted octanol–water partition coefficient (Wildman–Crippen LogP) is -1.20. The second-order valence-electron chi connectivity index (χ2n) is 3.50. The molecule has 0 heterocycles. The molecule has 0 spiro atoms. The highest BCUT2D eigenvalue weighted by molar-refractivity contribution is 5.81. The number of carbonyl (C=O) groups is 2. The number of ether oxygens (including phenoxy) is 1. The smallest absolute Gasteiger partial charge is 0.306 e. The van der Waals surface area contributed by atoms with Crippen LogP contribution in [-0.4, -0.2) is 48.0 Å². The van der Waals surface area contributed by atoms with Crippen molar-refractivity contribution >= 4 is 11.9 Å². The summed E-state index contributed by atoms with van der Waals surface area (Å²) in [6, 6.07) is 0. The van der Waals surface area contributed by atoms with Crippen molar-refractivity contribution in [3.63, 3.8) is 0 Å². The Balaban J connectivity index is 3.97. The van der Waals surface area contributed by atoms with E-state index in [1.807, 2.05) is 0 Å². The van der Waals surface area contributed by atoms with Crippen LogP contribution >= 0.6 is 0 Å². The van der Waals surface area contributed by atoms with Crippen molar-refractivity contribution < 1.29 is 24.5 Å². The van der Waals surface area contributed by atoms with E-state index in [0.29, 0.717) is 0 Å². The molecule has 15 heavy (non-hydrogen) atoms. The fourth-order valence-corrected chi connectivity index (χ4v) is 0.846. The molecule has 0 aliphatic carbocycles. The second-order valence-corrected chi connectivity index (χ2v) is 3.50. The molecule has 0 saturated carbocycles. The van der Waals surface area contributed by atoms with Gasteiger partial charge in [-0.25, -0.2) is 0 Å². The van der Waals surface area contributed by atoms with Crippen molar-refractivity contribution in [2.45, 2.75) is 25.3 Å². The summed E-state index contributed by atoms with van der Waals surface area (Å²) in [4.78, 5) is 22.0. The Morgan fingerprint density at radius 3 is 2.20 bits per heavy atom. The van der Waals surface area contributed by atoms with Gasteiger partial charge in [0.2, 0.25) is 5.91 Å². The van der Waals surface area contributed by atoms with E-state index < -0.39 is 17.4 Å². The first-order valence-corrected chi connectivity index (χ1v) is 4.57. The monoisotopic (exact) mass is 219 g/mol. The largest absolute Gasteiger partial charge is 0.469 e. The minimum Gasteiger partial charge on any atom is -0.469 e. The van der Waals surface area contributed by atoms with E-state index in [0.717, 1.165) is 0 Å². The molecule has 6 nitrogen and oxygen atoms in total. The van der Waals surface area contributed by atoms with Crippen LogP contribution in [-0.2, 0) is 14.3 Å². The number of carbonyl (C=O) groups excluding carboxylic acids is 2. The van der Waals surface area contributed by atoms with Crippen LogP contribution in [0.2, 0.25) is 0 Å². The Morgan fingerprint density at radius 2 is 1.80 bits per heavy atom. The molecular formula is C9H17NO5. The van der Waals surface area contributed by atoms with E-state index in [1.165, 1.54) is 14.0 Å². The first-order chi connectivity index (χ1) is 6.97. The molecule has 0 aromatic carbocycles. The van der Waals surface area contributed by atoms with Crippen LogP contribution in [0.3, 0.4) is 0 Å². The van der Waals surface area contributed by atoms with Crippen LogP contribution in [0.1, 0.15) is 19.8 Å². The first-order valence-electron chi connectivity index (χ1n) is 4.57. The average Bonchev–Trinajstić information content (AvgIpc) is 2.25. The zero-order valence-corrected chi connectivity index (χ0v) is 8.95. The molecule has 0 radical (unpaired) electrons. The van der Waals surface area contributed by atoms with Gasteiger partial charge in [0.25, 0.3) is 0 Å². The Bertz CT molecular complexity index is 225. The van der Waals surface area contributed by atoms with Gasteiger partial charge in [-0.3, -0.25) is 9.59 Å². The molecule has 0 atom stereocenters. The summed E-state index contributed by atoms with van der Waals surface area (Å²) < 4.78 is 4.37. The summed E-state index contributed by atoms with van der Waals surface area (Å²) in [6.45, 7) is 0.768. The maximum absolute atomic E-state index is 11.3. The van der Waals surface area contributed by atoms with Crippen molar-refractivity contribution in [2.75, 3.05) is 20.3 Å². The molecule has 0 aromatic heterocycles. The maximum atomic E-state index is 11.3. The van der Waals surface area contributed by atoms with Crippen molar-refractivity contribution in [1.82, 2.24) is 5.32 Å². The summed E-state index contributed by atoms with van der Waals surface area (Å²) in [5, 5.41) is 20.2. The van der Waals surface area contributed by atoms with Gasteiger partial charge in [-0.05, 0) is 6.92 Å². The third-order valence-electron chi connectivity index (χ3n) is 1.92. The molecule has 0 unspecified atom stereocenters. The van der Waals surface area contributed by atoms with Gasteiger partial charge in [-0.15, -0.1) is 0 Å². The number of esters is 1. The highest BCUT2D eigenvalue weighted by Crippen LogP contribution is 2.02. The molecule has 0 aliphatic heterocycles. The molecule has 0 saturated heterocycles. The van der Waals surface area contributed by atoms with Crippen molar-refractivity contribution in [2.24, 2.45) is 0 Å². The van der Waals surface area contributed by atoms with Gasteiger partial charge < -0.3 is 20.3 Å². The molecule has 88 valence electrons. The zero-order valence-electron chi connectivity index (χ0n) is 8.95. The van der Waals surface area contributed by atoms with Gasteiger partial charge in [0.15, 0.2) is 0 Å². The van der Waals surface area contributed by atoms with Gasteiger partial charge in [-0.1, -0.05) is 0 Å². The molecule has 0 fully saturated rings. The van der Waals surface area contributed by atoms with E-state index in [-0.39, 0.29) is 26.1 Å². The number of hydrogen-bond donors (Lipinski definition) is 3. The van der Waals surface area contributed by atoms with Crippen molar-refractivity contribution in [1.29, 1.82) is 0 Å². The number of hydrogen-bond acceptors (Lipinski definition) is 5. The molecule has 6 heteroatoms. The molecular weight excluding hydrogens is 202 g/mol. The van der Waals surface area contributed by atoms with Gasteiger partial charge in [0, 0.05) is 6.42 Å². The minimum absolute atomic E-state index is 0.0186. The number of methoxy groups -OCH3 is 1. The topological polar surface area (TPSA) is 95.9 Å². The SMILES string of the molecule is COC(=O)CCC(=O)NC(C)(CO)CO. The zero-order chi connectivity index (χ0) is 11.9. The van der Waals surface area contributed by atoms with E-state index in [1.54, 1.807) is 0 Å².